The van der Waals surface area contributed by atoms with E-state index in [0.29, 0.717) is 21.2 Å². The van der Waals surface area contributed by atoms with E-state index in [4.69, 9.17) is 4.74 Å². The fourth-order valence-corrected chi connectivity index (χ4v) is 6.74. The van der Waals surface area contributed by atoms with Gasteiger partial charge in [-0.1, -0.05) is 17.8 Å². The smallest absolute Gasteiger partial charge is 0.341 e. The molecule has 0 aliphatic heterocycles. The van der Waals surface area contributed by atoms with Crippen molar-refractivity contribution >= 4 is 51.3 Å². The highest BCUT2D eigenvalue weighted by molar-refractivity contribution is 8.00. The third-order valence-electron chi connectivity index (χ3n) is 5.26. The molecule has 170 valence electrons. The van der Waals surface area contributed by atoms with E-state index in [1.807, 2.05) is 30.5 Å². The minimum absolute atomic E-state index is 0.0832. The van der Waals surface area contributed by atoms with Gasteiger partial charge in [0.15, 0.2) is 0 Å². The number of aryl methyl sites for hydroxylation is 2. The van der Waals surface area contributed by atoms with Crippen molar-refractivity contribution < 1.29 is 14.3 Å². The summed E-state index contributed by atoms with van der Waals surface area (Å²) in [4.78, 5) is 32.1. The third kappa shape index (κ3) is 5.13. The molecule has 0 radical (unpaired) electrons. The molecule has 6 nitrogen and oxygen atoms in total. The highest BCUT2D eigenvalue weighted by Gasteiger charge is 2.27. The molecule has 0 atom stereocenters. The van der Waals surface area contributed by atoms with Crippen molar-refractivity contribution in [1.29, 1.82) is 5.26 Å². The van der Waals surface area contributed by atoms with Crippen molar-refractivity contribution in [2.24, 2.45) is 0 Å². The average Bonchev–Trinajstić information content (AvgIpc) is 3.45. The lowest BCUT2D eigenvalue weighted by Gasteiger charge is -2.12. The van der Waals surface area contributed by atoms with Crippen molar-refractivity contribution in [3.63, 3.8) is 0 Å². The van der Waals surface area contributed by atoms with Crippen LogP contribution in [0.1, 0.15) is 51.8 Å². The number of aromatic nitrogens is 1. The molecule has 0 saturated carbocycles. The lowest BCUT2D eigenvalue weighted by Crippen LogP contribution is -2.17. The molecule has 0 saturated heterocycles. The Hall–Kier alpha value is -2.67. The molecular formula is C24H23N3O3S3. The van der Waals surface area contributed by atoms with Crippen molar-refractivity contribution in [2.45, 2.75) is 44.6 Å². The van der Waals surface area contributed by atoms with Crippen LogP contribution in [0.4, 0.5) is 5.00 Å². The lowest BCUT2D eigenvalue weighted by molar-refractivity contribution is -0.113. The summed E-state index contributed by atoms with van der Waals surface area (Å²) in [5.41, 5.74) is 3.61. The quantitative estimate of drug-likeness (QED) is 0.326. The van der Waals surface area contributed by atoms with Gasteiger partial charge >= 0.3 is 5.97 Å². The Kier molecular flexibility index (Phi) is 7.48. The molecule has 1 aliphatic rings. The Balaban J connectivity index is 1.54. The number of nitrogens with zero attached hydrogens (tertiary/aromatic N) is 2. The average molecular weight is 498 g/mol. The van der Waals surface area contributed by atoms with Crippen LogP contribution in [0, 0.1) is 18.3 Å². The highest BCUT2D eigenvalue weighted by Crippen LogP contribution is 2.39. The Labute approximate surface area is 205 Å². The second kappa shape index (κ2) is 10.5. The number of amides is 1. The maximum Gasteiger partial charge on any atom is 0.341 e. The van der Waals surface area contributed by atoms with Gasteiger partial charge in [-0.15, -0.1) is 22.7 Å². The van der Waals surface area contributed by atoms with Gasteiger partial charge in [0.25, 0.3) is 0 Å². The topological polar surface area (TPSA) is 92.1 Å². The zero-order valence-electron chi connectivity index (χ0n) is 18.4. The van der Waals surface area contributed by atoms with Crippen LogP contribution < -0.4 is 5.32 Å². The second-order valence-electron chi connectivity index (χ2n) is 7.55. The molecule has 9 heteroatoms. The van der Waals surface area contributed by atoms with Gasteiger partial charge in [0.2, 0.25) is 5.91 Å². The van der Waals surface area contributed by atoms with E-state index in [9.17, 15) is 14.9 Å². The van der Waals surface area contributed by atoms with E-state index >= 15 is 0 Å². The molecule has 4 rings (SSSR count). The van der Waals surface area contributed by atoms with Gasteiger partial charge in [0, 0.05) is 21.0 Å². The van der Waals surface area contributed by atoms with Crippen LogP contribution in [0.5, 0.6) is 0 Å². The number of nitriles is 1. The normalized spacial score (nSPS) is 12.6. The SMILES string of the molecule is CCOC(=O)c1c(NC(=O)CSc2nc(C)cc(-c3cccs3)c2C#N)sc2c1CCCC2. The number of pyridine rings is 1. The van der Waals surface area contributed by atoms with Crippen LogP contribution in [0.2, 0.25) is 0 Å². The summed E-state index contributed by atoms with van der Waals surface area (Å²) in [7, 11) is 0. The maximum atomic E-state index is 12.8. The fourth-order valence-electron chi connectivity index (χ4n) is 3.85. The van der Waals surface area contributed by atoms with Crippen molar-refractivity contribution in [1.82, 2.24) is 4.98 Å². The zero-order chi connectivity index (χ0) is 23.4. The molecule has 1 aliphatic carbocycles. The molecule has 0 aromatic carbocycles. The third-order valence-corrected chi connectivity index (χ3v) is 8.34. The van der Waals surface area contributed by atoms with Crippen molar-refractivity contribution in [2.75, 3.05) is 17.7 Å². The first-order chi connectivity index (χ1) is 16.0. The number of carbonyl (C=O) groups is 2. The predicted octanol–water partition coefficient (Wildman–Crippen LogP) is 5.84. The minimum atomic E-state index is -0.382. The summed E-state index contributed by atoms with van der Waals surface area (Å²) in [5, 5.41) is 15.8. The Bertz CT molecular complexity index is 1230. The molecule has 3 aromatic heterocycles. The highest BCUT2D eigenvalue weighted by atomic mass is 32.2. The molecule has 1 amide bonds. The van der Waals surface area contributed by atoms with Crippen LogP contribution in [0.25, 0.3) is 10.4 Å². The number of hydrogen-bond acceptors (Lipinski definition) is 8. The summed E-state index contributed by atoms with van der Waals surface area (Å²) in [5.74, 6) is -0.540. The number of esters is 1. The number of nitrogens with one attached hydrogen (secondary N) is 1. The molecule has 0 fully saturated rings. The molecule has 0 spiro atoms. The van der Waals surface area contributed by atoms with E-state index < -0.39 is 0 Å². The molecule has 33 heavy (non-hydrogen) atoms. The Morgan fingerprint density at radius 2 is 2.15 bits per heavy atom. The van der Waals surface area contributed by atoms with Gasteiger partial charge < -0.3 is 10.1 Å². The monoisotopic (exact) mass is 497 g/mol. The molecular weight excluding hydrogens is 474 g/mol. The Morgan fingerprint density at radius 1 is 1.33 bits per heavy atom. The molecule has 0 unspecified atom stereocenters. The van der Waals surface area contributed by atoms with Crippen LogP contribution >= 0.6 is 34.4 Å². The van der Waals surface area contributed by atoms with E-state index in [1.165, 1.54) is 23.1 Å². The van der Waals surface area contributed by atoms with Crippen molar-refractivity contribution in [3.05, 3.63) is 50.8 Å². The summed E-state index contributed by atoms with van der Waals surface area (Å²) in [6.45, 7) is 3.94. The van der Waals surface area contributed by atoms with Crippen LogP contribution in [-0.2, 0) is 22.4 Å². The van der Waals surface area contributed by atoms with Gasteiger partial charge in [0.05, 0.1) is 23.5 Å². The van der Waals surface area contributed by atoms with Crippen molar-refractivity contribution in [3.8, 4) is 16.5 Å². The number of rotatable bonds is 7. The van der Waals surface area contributed by atoms with Gasteiger partial charge in [0.1, 0.15) is 16.1 Å². The maximum absolute atomic E-state index is 12.8. The predicted molar refractivity (Wildman–Crippen MR) is 133 cm³/mol. The number of thiophene rings is 2. The molecule has 0 bridgehead atoms. The van der Waals surface area contributed by atoms with E-state index in [-0.39, 0.29) is 24.2 Å². The van der Waals surface area contributed by atoms with E-state index in [0.717, 1.165) is 52.3 Å². The summed E-state index contributed by atoms with van der Waals surface area (Å²) < 4.78 is 5.26. The largest absolute Gasteiger partial charge is 0.462 e. The molecule has 3 heterocycles. The number of thioether (sulfide) groups is 1. The zero-order valence-corrected chi connectivity index (χ0v) is 20.8. The van der Waals surface area contributed by atoms with Crippen LogP contribution in [0.3, 0.4) is 0 Å². The first kappa shape index (κ1) is 23.5. The number of ether oxygens (including phenoxy) is 1. The second-order valence-corrected chi connectivity index (χ2v) is 10.6. The van der Waals surface area contributed by atoms with Gasteiger partial charge in [-0.2, -0.15) is 5.26 Å². The number of hydrogen-bond donors (Lipinski definition) is 1. The summed E-state index contributed by atoms with van der Waals surface area (Å²) in [6.07, 6.45) is 3.86. The molecule has 3 aromatic rings. The first-order valence-electron chi connectivity index (χ1n) is 10.7. The number of anilines is 1. The number of carbonyl (C=O) groups excluding carboxylic acids is 2. The Morgan fingerprint density at radius 3 is 2.88 bits per heavy atom. The lowest BCUT2D eigenvalue weighted by atomic mass is 9.95. The van der Waals surface area contributed by atoms with Gasteiger partial charge in [-0.05, 0) is 62.6 Å². The van der Waals surface area contributed by atoms with E-state index in [1.54, 1.807) is 18.3 Å². The summed E-state index contributed by atoms with van der Waals surface area (Å²) >= 11 is 4.26. The first-order valence-corrected chi connectivity index (χ1v) is 13.4. The summed E-state index contributed by atoms with van der Waals surface area (Å²) in [6, 6.07) is 8.07. The van der Waals surface area contributed by atoms with Gasteiger partial charge in [-0.25, -0.2) is 9.78 Å². The van der Waals surface area contributed by atoms with Crippen LogP contribution in [0.15, 0.2) is 28.6 Å². The van der Waals surface area contributed by atoms with Gasteiger partial charge in [-0.3, -0.25) is 4.79 Å². The minimum Gasteiger partial charge on any atom is -0.462 e. The standard InChI is InChI=1S/C24H23N3O3S3/c1-3-30-24(29)21-15-7-4-5-8-19(15)33-23(21)27-20(28)13-32-22-17(12-25)16(11-14(2)26-22)18-9-6-10-31-18/h6,9-11H,3-5,7-8,13H2,1-2H3,(H,27,28). The van der Waals surface area contributed by atoms with E-state index in [2.05, 4.69) is 16.4 Å². The molecule has 1 N–H and O–H groups in total. The van der Waals surface area contributed by atoms with Crippen LogP contribution in [-0.4, -0.2) is 29.2 Å². The number of fused-ring (bicyclic) bond motifs is 1. The fraction of sp³-hybridized carbons (Fsp3) is 0.333.